The number of amides is 1. The average Bonchev–Trinajstić information content (AvgIpc) is 3.39. The van der Waals surface area contributed by atoms with Crippen LogP contribution in [0.15, 0.2) is 70.5 Å². The topological polar surface area (TPSA) is 120 Å². The summed E-state index contributed by atoms with van der Waals surface area (Å²) in [5.74, 6) is -0.873. The molecule has 1 atom stereocenters. The fraction of sp³-hybridized carbons (Fsp3) is 0.355. The SMILES string of the molecule is CCN(CCN(C)C)c1ccc(C(=O)Nc2n[nH]c3ccc(S(=O)(=O)c4cccc(F)c4)cc23)c(NC2CCCCO2)c1. The van der Waals surface area contributed by atoms with Gasteiger partial charge in [0.25, 0.3) is 5.91 Å². The minimum Gasteiger partial charge on any atom is -0.370 e. The predicted molar refractivity (Wildman–Crippen MR) is 166 cm³/mol. The van der Waals surface area contributed by atoms with Crippen LogP contribution < -0.4 is 15.5 Å². The van der Waals surface area contributed by atoms with Crippen LogP contribution in [0.2, 0.25) is 0 Å². The maximum Gasteiger partial charge on any atom is 0.258 e. The zero-order valence-electron chi connectivity index (χ0n) is 24.6. The lowest BCUT2D eigenvalue weighted by molar-refractivity contribution is 0.0343. The molecule has 1 unspecified atom stereocenters. The number of aromatic amines is 1. The van der Waals surface area contributed by atoms with Crippen LogP contribution in [0, 0.1) is 5.82 Å². The molecule has 0 saturated carbocycles. The van der Waals surface area contributed by atoms with E-state index in [9.17, 15) is 17.6 Å². The number of sulfone groups is 1. The molecule has 1 fully saturated rings. The van der Waals surface area contributed by atoms with E-state index in [-0.39, 0.29) is 21.8 Å². The van der Waals surface area contributed by atoms with E-state index in [1.54, 1.807) is 12.1 Å². The number of carbonyl (C=O) groups excluding carboxylic acids is 1. The van der Waals surface area contributed by atoms with E-state index < -0.39 is 21.6 Å². The lowest BCUT2D eigenvalue weighted by atomic mass is 10.1. The van der Waals surface area contributed by atoms with Crippen LogP contribution >= 0.6 is 0 Å². The second-order valence-corrected chi connectivity index (χ2v) is 12.8. The van der Waals surface area contributed by atoms with Gasteiger partial charge in [0, 0.05) is 37.3 Å². The molecule has 43 heavy (non-hydrogen) atoms. The first kappa shape index (κ1) is 30.5. The molecule has 228 valence electrons. The molecule has 3 N–H and O–H groups in total. The normalized spacial score (nSPS) is 15.5. The summed E-state index contributed by atoms with van der Waals surface area (Å²) in [7, 11) is 0.0669. The first-order valence-electron chi connectivity index (χ1n) is 14.4. The van der Waals surface area contributed by atoms with E-state index in [0.29, 0.717) is 28.8 Å². The highest BCUT2D eigenvalue weighted by Gasteiger charge is 2.23. The van der Waals surface area contributed by atoms with Crippen LogP contribution in [0.3, 0.4) is 0 Å². The third-order valence-corrected chi connectivity index (χ3v) is 9.24. The molecule has 1 aliphatic rings. The number of hydrogen-bond acceptors (Lipinski definition) is 8. The molecule has 0 aliphatic carbocycles. The number of carbonyl (C=O) groups is 1. The number of benzene rings is 3. The monoisotopic (exact) mass is 608 g/mol. The van der Waals surface area contributed by atoms with Crippen molar-refractivity contribution in [1.29, 1.82) is 0 Å². The van der Waals surface area contributed by atoms with E-state index in [1.165, 1.54) is 30.3 Å². The number of hydrogen-bond donors (Lipinski definition) is 3. The Labute approximate surface area is 251 Å². The second kappa shape index (κ2) is 13.1. The van der Waals surface area contributed by atoms with Crippen molar-refractivity contribution in [3.63, 3.8) is 0 Å². The zero-order chi connectivity index (χ0) is 30.6. The van der Waals surface area contributed by atoms with Gasteiger partial charge >= 0.3 is 0 Å². The van der Waals surface area contributed by atoms with Crippen molar-refractivity contribution in [3.05, 3.63) is 72.0 Å². The van der Waals surface area contributed by atoms with E-state index in [2.05, 4.69) is 37.6 Å². The Kier molecular flexibility index (Phi) is 9.28. The first-order chi connectivity index (χ1) is 20.7. The van der Waals surface area contributed by atoms with Gasteiger partial charge in [-0.3, -0.25) is 9.89 Å². The Hall–Kier alpha value is -4.00. The largest absolute Gasteiger partial charge is 0.370 e. The number of halogens is 1. The van der Waals surface area contributed by atoms with Gasteiger partial charge in [0.15, 0.2) is 5.82 Å². The van der Waals surface area contributed by atoms with Crippen molar-refractivity contribution in [3.8, 4) is 0 Å². The van der Waals surface area contributed by atoms with Crippen molar-refractivity contribution in [2.24, 2.45) is 0 Å². The van der Waals surface area contributed by atoms with Crippen molar-refractivity contribution in [1.82, 2.24) is 15.1 Å². The highest BCUT2D eigenvalue weighted by Crippen LogP contribution is 2.30. The maximum atomic E-state index is 13.8. The average molecular weight is 609 g/mol. The first-order valence-corrected chi connectivity index (χ1v) is 15.9. The Balaban J connectivity index is 1.45. The Bertz CT molecular complexity index is 1700. The maximum absolute atomic E-state index is 13.8. The lowest BCUT2D eigenvalue weighted by Gasteiger charge is -2.28. The van der Waals surface area contributed by atoms with Gasteiger partial charge in [0.1, 0.15) is 12.0 Å². The molecule has 0 spiro atoms. The summed E-state index contributed by atoms with van der Waals surface area (Å²) in [6, 6.07) is 15.0. The molecular weight excluding hydrogens is 571 g/mol. The van der Waals surface area contributed by atoms with E-state index in [1.807, 2.05) is 26.2 Å². The van der Waals surface area contributed by atoms with Gasteiger partial charge in [-0.15, -0.1) is 0 Å². The Morgan fingerprint density at radius 2 is 1.88 bits per heavy atom. The molecule has 1 aliphatic heterocycles. The quantitative estimate of drug-likeness (QED) is 0.215. The second-order valence-electron chi connectivity index (χ2n) is 10.8. The van der Waals surface area contributed by atoms with Crippen LogP contribution in [0.25, 0.3) is 10.9 Å². The number of aromatic nitrogens is 2. The third-order valence-electron chi connectivity index (χ3n) is 7.49. The summed E-state index contributed by atoms with van der Waals surface area (Å²) in [4.78, 5) is 17.9. The summed E-state index contributed by atoms with van der Waals surface area (Å²) >= 11 is 0. The van der Waals surface area contributed by atoms with E-state index in [0.717, 1.165) is 50.7 Å². The molecule has 1 aromatic heterocycles. The van der Waals surface area contributed by atoms with Crippen molar-refractivity contribution < 1.29 is 22.3 Å². The number of anilines is 3. The number of likely N-dealkylation sites (N-methyl/N-ethyl adjacent to an activating group) is 2. The van der Waals surface area contributed by atoms with Crippen LogP contribution in [0.1, 0.15) is 36.5 Å². The number of nitrogens with one attached hydrogen (secondary N) is 3. The van der Waals surface area contributed by atoms with Crippen LogP contribution in [-0.2, 0) is 14.6 Å². The third kappa shape index (κ3) is 6.98. The smallest absolute Gasteiger partial charge is 0.258 e. The van der Waals surface area contributed by atoms with E-state index >= 15 is 0 Å². The molecule has 0 bridgehead atoms. The summed E-state index contributed by atoms with van der Waals surface area (Å²) < 4.78 is 46.1. The fourth-order valence-corrected chi connectivity index (χ4v) is 6.38. The van der Waals surface area contributed by atoms with Crippen molar-refractivity contribution in [2.45, 2.75) is 42.2 Å². The minimum atomic E-state index is -4.00. The predicted octanol–water partition coefficient (Wildman–Crippen LogP) is 5.11. The standard InChI is InChI=1S/C31H37FN6O4S/c1-4-38(16-15-37(2)3)22-11-13-25(28(19-22)33-29-10-5-6-17-42-29)31(39)34-30-26-20-24(12-14-27(26)35-36-30)43(40,41)23-9-7-8-21(32)18-23/h7-9,11-14,18-20,29,33H,4-6,10,15-17H2,1-3H3,(H2,34,35,36,39). The van der Waals surface area contributed by atoms with Crippen molar-refractivity contribution >= 4 is 43.8 Å². The van der Waals surface area contributed by atoms with Gasteiger partial charge in [-0.25, -0.2) is 12.8 Å². The van der Waals surface area contributed by atoms with Crippen molar-refractivity contribution in [2.75, 3.05) is 55.9 Å². The van der Waals surface area contributed by atoms with Gasteiger partial charge in [-0.2, -0.15) is 5.10 Å². The van der Waals surface area contributed by atoms with Gasteiger partial charge < -0.3 is 25.2 Å². The number of rotatable bonds is 11. The Morgan fingerprint density at radius 3 is 2.60 bits per heavy atom. The van der Waals surface area contributed by atoms with Crippen LogP contribution in [0.4, 0.5) is 21.6 Å². The highest BCUT2D eigenvalue weighted by atomic mass is 32.2. The minimum absolute atomic E-state index is 0.0407. The van der Waals surface area contributed by atoms with E-state index in [4.69, 9.17) is 4.74 Å². The summed E-state index contributed by atoms with van der Waals surface area (Å²) in [6.45, 7) is 5.27. The Morgan fingerprint density at radius 1 is 1.07 bits per heavy atom. The number of nitrogens with zero attached hydrogens (tertiary/aromatic N) is 3. The molecule has 2 heterocycles. The summed E-state index contributed by atoms with van der Waals surface area (Å²) in [6.07, 6.45) is 2.65. The molecular formula is C31H37FN6O4S. The number of fused-ring (bicyclic) bond motifs is 1. The molecule has 10 nitrogen and oxygen atoms in total. The molecule has 5 rings (SSSR count). The lowest BCUT2D eigenvalue weighted by Crippen LogP contribution is -2.32. The van der Waals surface area contributed by atoms with Crippen LogP contribution in [0.5, 0.6) is 0 Å². The highest BCUT2D eigenvalue weighted by molar-refractivity contribution is 7.91. The van der Waals surface area contributed by atoms with Gasteiger partial charge in [0.2, 0.25) is 9.84 Å². The molecule has 1 saturated heterocycles. The van der Waals surface area contributed by atoms with Crippen LogP contribution in [-0.4, -0.2) is 76.0 Å². The molecule has 3 aromatic carbocycles. The molecule has 12 heteroatoms. The van der Waals surface area contributed by atoms with Gasteiger partial charge in [-0.1, -0.05) is 6.07 Å². The fourth-order valence-electron chi connectivity index (χ4n) is 5.07. The summed E-state index contributed by atoms with van der Waals surface area (Å²) in [5.41, 5.74) is 2.56. The molecule has 1 amide bonds. The molecule has 0 radical (unpaired) electrons. The van der Waals surface area contributed by atoms with Gasteiger partial charge in [-0.05, 0) is 94.9 Å². The van der Waals surface area contributed by atoms with Gasteiger partial charge in [0.05, 0.1) is 26.6 Å². The zero-order valence-corrected chi connectivity index (χ0v) is 25.4. The number of H-pyrrole nitrogens is 1. The number of ether oxygens (including phenoxy) is 1. The summed E-state index contributed by atoms with van der Waals surface area (Å²) in [5, 5.41) is 13.8. The molecule has 4 aromatic rings.